The number of nitrogens with zero attached hydrogens (tertiary/aromatic N) is 2. The van der Waals surface area contributed by atoms with Crippen LogP contribution in [0.5, 0.6) is 0 Å². The number of anilines is 1. The maximum atomic E-state index is 13.3. The zero-order valence-electron chi connectivity index (χ0n) is 16.7. The van der Waals surface area contributed by atoms with Gasteiger partial charge >= 0.3 is 0 Å². The molecule has 162 valence electrons. The van der Waals surface area contributed by atoms with Crippen molar-refractivity contribution in [3.63, 3.8) is 0 Å². The molecule has 0 aliphatic rings. The van der Waals surface area contributed by atoms with Crippen LogP contribution in [0, 0.1) is 13.8 Å². The van der Waals surface area contributed by atoms with Crippen LogP contribution in [0.15, 0.2) is 73.5 Å². The van der Waals surface area contributed by atoms with Crippen LogP contribution in [0.1, 0.15) is 17.1 Å². The summed E-state index contributed by atoms with van der Waals surface area (Å²) in [4.78, 5) is 12.6. The van der Waals surface area contributed by atoms with E-state index in [4.69, 9.17) is 16.0 Å². The van der Waals surface area contributed by atoms with Crippen molar-refractivity contribution in [2.45, 2.75) is 18.7 Å². The fraction of sp³-hybridized carbons (Fsp3) is 0.143. The lowest BCUT2D eigenvalue weighted by Crippen LogP contribution is -2.39. The van der Waals surface area contributed by atoms with Gasteiger partial charge in [-0.15, -0.1) is 0 Å². The molecule has 0 aliphatic carbocycles. The van der Waals surface area contributed by atoms with Crippen LogP contribution >= 0.6 is 27.5 Å². The summed E-state index contributed by atoms with van der Waals surface area (Å²) in [5.41, 5.74) is 3.50. The Labute approximate surface area is 193 Å². The highest BCUT2D eigenvalue weighted by molar-refractivity contribution is 9.10. The van der Waals surface area contributed by atoms with Gasteiger partial charge in [-0.05, 0) is 60.1 Å². The van der Waals surface area contributed by atoms with Crippen LogP contribution in [0.2, 0.25) is 5.02 Å². The van der Waals surface area contributed by atoms with Gasteiger partial charge in [-0.25, -0.2) is 13.8 Å². The third-order valence-electron chi connectivity index (χ3n) is 4.25. The zero-order chi connectivity index (χ0) is 22.6. The van der Waals surface area contributed by atoms with Crippen molar-refractivity contribution in [3.05, 3.63) is 81.2 Å². The van der Waals surface area contributed by atoms with E-state index in [1.807, 2.05) is 6.92 Å². The second-order valence-electron chi connectivity index (χ2n) is 6.65. The number of rotatable bonds is 7. The Kier molecular flexibility index (Phi) is 7.19. The summed E-state index contributed by atoms with van der Waals surface area (Å²) in [6.07, 6.45) is 1.33. The van der Waals surface area contributed by atoms with Gasteiger partial charge in [-0.2, -0.15) is 5.10 Å². The molecule has 10 heteroatoms. The van der Waals surface area contributed by atoms with E-state index in [0.29, 0.717) is 16.5 Å². The molecule has 1 heterocycles. The monoisotopic (exact) mass is 523 g/mol. The summed E-state index contributed by atoms with van der Waals surface area (Å²) >= 11 is 9.37. The molecule has 0 radical (unpaired) electrons. The maximum Gasteiger partial charge on any atom is 0.264 e. The van der Waals surface area contributed by atoms with E-state index in [-0.39, 0.29) is 10.6 Å². The van der Waals surface area contributed by atoms with Crippen molar-refractivity contribution in [3.8, 4) is 0 Å². The molecule has 0 fully saturated rings. The number of sulfonamides is 1. The summed E-state index contributed by atoms with van der Waals surface area (Å²) in [5.74, 6) is 0.474. The molecule has 1 amide bonds. The molecule has 1 aromatic heterocycles. The summed E-state index contributed by atoms with van der Waals surface area (Å²) in [7, 11) is -4.02. The number of furan rings is 1. The minimum Gasteiger partial charge on any atom is -0.459 e. The van der Waals surface area contributed by atoms with Crippen molar-refractivity contribution in [2.75, 3.05) is 10.8 Å². The summed E-state index contributed by atoms with van der Waals surface area (Å²) in [6.45, 7) is 3.14. The fourth-order valence-electron chi connectivity index (χ4n) is 2.66. The molecule has 0 aliphatic heterocycles. The van der Waals surface area contributed by atoms with E-state index in [9.17, 15) is 13.2 Å². The van der Waals surface area contributed by atoms with Crippen LogP contribution in [-0.2, 0) is 14.8 Å². The molecule has 0 atom stereocenters. The molecule has 0 unspecified atom stereocenters. The number of halogens is 2. The largest absolute Gasteiger partial charge is 0.459 e. The van der Waals surface area contributed by atoms with E-state index in [2.05, 4.69) is 26.5 Å². The number of hydrazone groups is 1. The van der Waals surface area contributed by atoms with Gasteiger partial charge in [0.15, 0.2) is 0 Å². The minimum atomic E-state index is -4.02. The fourth-order valence-corrected chi connectivity index (χ4v) is 4.57. The molecule has 7 nitrogen and oxygen atoms in total. The highest BCUT2D eigenvalue weighted by atomic mass is 79.9. The summed E-state index contributed by atoms with van der Waals surface area (Å²) in [5, 5.41) is 4.19. The Balaban J connectivity index is 1.84. The number of amides is 1. The Morgan fingerprint density at radius 3 is 2.52 bits per heavy atom. The topological polar surface area (TPSA) is 92.0 Å². The molecule has 2 aromatic carbocycles. The Bertz CT molecular complexity index is 1200. The first-order valence-electron chi connectivity index (χ1n) is 9.09. The second kappa shape index (κ2) is 9.67. The smallest absolute Gasteiger partial charge is 0.264 e. The van der Waals surface area contributed by atoms with Crippen LogP contribution in [0.4, 0.5) is 5.69 Å². The predicted molar refractivity (Wildman–Crippen MR) is 124 cm³/mol. The van der Waals surface area contributed by atoms with Gasteiger partial charge in [0.25, 0.3) is 15.9 Å². The van der Waals surface area contributed by atoms with Gasteiger partial charge in [-0.1, -0.05) is 35.4 Å². The van der Waals surface area contributed by atoms with Gasteiger partial charge < -0.3 is 4.42 Å². The first-order valence-corrected chi connectivity index (χ1v) is 11.7. The predicted octanol–water partition coefficient (Wildman–Crippen LogP) is 4.66. The van der Waals surface area contributed by atoms with Gasteiger partial charge in [-0.3, -0.25) is 9.10 Å². The van der Waals surface area contributed by atoms with E-state index in [0.717, 1.165) is 14.3 Å². The maximum absolute atomic E-state index is 13.3. The third kappa shape index (κ3) is 5.75. The van der Waals surface area contributed by atoms with Crippen LogP contribution < -0.4 is 9.73 Å². The number of hydrogen-bond acceptors (Lipinski definition) is 5. The van der Waals surface area contributed by atoms with Crippen molar-refractivity contribution in [1.29, 1.82) is 0 Å². The Morgan fingerprint density at radius 1 is 1.19 bits per heavy atom. The molecular formula is C21H19BrClN3O4S. The Hall–Kier alpha value is -2.62. The number of aryl methyl sites for hydroxylation is 2. The first-order chi connectivity index (χ1) is 14.7. The Morgan fingerprint density at radius 2 is 1.90 bits per heavy atom. The van der Waals surface area contributed by atoms with Crippen LogP contribution in [0.25, 0.3) is 0 Å². The molecule has 3 rings (SSSR count). The van der Waals surface area contributed by atoms with Crippen LogP contribution in [0.3, 0.4) is 0 Å². The standard InChI is InChI=1S/C21H19BrClN3O4S/c1-14-6-8-19(9-7-14)31(28,29)26(17-5-3-4-16(23)10-17)13-21(27)25-24-12-18-11-20(22)15(2)30-18/h3-12H,13H2,1-2H3,(H,25,27)/b24-12+. The van der Waals surface area contributed by atoms with Crippen molar-refractivity contribution in [1.82, 2.24) is 5.43 Å². The molecule has 3 aromatic rings. The van der Waals surface area contributed by atoms with E-state index in [1.165, 1.54) is 24.4 Å². The molecule has 1 N–H and O–H groups in total. The average Bonchev–Trinajstić information content (AvgIpc) is 3.03. The zero-order valence-corrected chi connectivity index (χ0v) is 19.8. The quantitative estimate of drug-likeness (QED) is 0.359. The summed E-state index contributed by atoms with van der Waals surface area (Å²) in [6, 6.07) is 14.4. The highest BCUT2D eigenvalue weighted by Crippen LogP contribution is 2.26. The average molecular weight is 525 g/mol. The second-order valence-corrected chi connectivity index (χ2v) is 9.80. The normalized spacial score (nSPS) is 11.6. The van der Waals surface area contributed by atoms with Gasteiger partial charge in [0.05, 0.1) is 21.3 Å². The SMILES string of the molecule is Cc1ccc(S(=O)(=O)N(CC(=O)N/N=C/c2cc(Br)c(C)o2)c2cccc(Cl)c2)cc1. The van der Waals surface area contributed by atoms with Gasteiger partial charge in [0.1, 0.15) is 18.1 Å². The number of nitrogens with one attached hydrogen (secondary N) is 1. The lowest BCUT2D eigenvalue weighted by atomic mass is 10.2. The molecule has 31 heavy (non-hydrogen) atoms. The highest BCUT2D eigenvalue weighted by Gasteiger charge is 2.27. The molecule has 0 saturated carbocycles. The van der Waals surface area contributed by atoms with E-state index < -0.39 is 22.5 Å². The lowest BCUT2D eigenvalue weighted by Gasteiger charge is -2.24. The van der Waals surface area contributed by atoms with E-state index >= 15 is 0 Å². The lowest BCUT2D eigenvalue weighted by molar-refractivity contribution is -0.119. The third-order valence-corrected chi connectivity index (χ3v) is 7.06. The molecule has 0 spiro atoms. The number of benzene rings is 2. The molecule has 0 saturated heterocycles. The van der Waals surface area contributed by atoms with E-state index in [1.54, 1.807) is 43.3 Å². The number of hydrogen-bond donors (Lipinski definition) is 1. The van der Waals surface area contributed by atoms with Crippen molar-refractivity contribution < 1.29 is 17.6 Å². The van der Waals surface area contributed by atoms with Crippen molar-refractivity contribution in [2.24, 2.45) is 5.10 Å². The molecular weight excluding hydrogens is 506 g/mol. The number of carbonyl (C=O) groups is 1. The van der Waals surface area contributed by atoms with Crippen LogP contribution in [-0.4, -0.2) is 27.1 Å². The number of carbonyl (C=O) groups excluding carboxylic acids is 1. The van der Waals surface area contributed by atoms with Gasteiger partial charge in [0, 0.05) is 11.1 Å². The first kappa shape index (κ1) is 23.1. The van der Waals surface area contributed by atoms with Crippen molar-refractivity contribution >= 4 is 55.4 Å². The summed E-state index contributed by atoms with van der Waals surface area (Å²) < 4.78 is 33.7. The molecule has 0 bridgehead atoms. The minimum absolute atomic E-state index is 0.0605. The van der Waals surface area contributed by atoms with Gasteiger partial charge in [0.2, 0.25) is 0 Å².